The molecule has 2 aromatic heterocycles. The number of nitriles is 1. The average Bonchev–Trinajstić information content (AvgIpc) is 3.32. The maximum atomic E-state index is 12.7. The highest BCUT2D eigenvalue weighted by molar-refractivity contribution is 7.15. The topological polar surface area (TPSA) is 92.3 Å². The molecule has 0 saturated carbocycles. The van der Waals surface area contributed by atoms with Gasteiger partial charge in [0.1, 0.15) is 33.7 Å². The Morgan fingerprint density at radius 3 is 2.53 bits per heavy atom. The maximum absolute atomic E-state index is 12.7. The molecule has 152 valence electrons. The molecule has 0 saturated heterocycles. The summed E-state index contributed by atoms with van der Waals surface area (Å²) in [6.07, 6.45) is 1.36. The van der Waals surface area contributed by atoms with Crippen LogP contribution in [0.1, 0.15) is 34.4 Å². The summed E-state index contributed by atoms with van der Waals surface area (Å²) in [7, 11) is 0. The lowest BCUT2D eigenvalue weighted by molar-refractivity contribution is -0.112. The number of thiophene rings is 1. The van der Waals surface area contributed by atoms with Crippen molar-refractivity contribution in [1.29, 1.82) is 5.26 Å². The molecule has 0 aliphatic carbocycles. The highest BCUT2D eigenvalue weighted by Crippen LogP contribution is 2.36. The lowest BCUT2D eigenvalue weighted by Gasteiger charge is -2.09. The normalized spacial score (nSPS) is 11.1. The molecule has 1 aromatic carbocycles. The first-order chi connectivity index (χ1) is 14.4. The van der Waals surface area contributed by atoms with Crippen LogP contribution in [0.2, 0.25) is 0 Å². The third-order valence-electron chi connectivity index (χ3n) is 4.27. The van der Waals surface area contributed by atoms with Crippen molar-refractivity contribution >= 4 is 34.3 Å². The van der Waals surface area contributed by atoms with Crippen molar-refractivity contribution < 1.29 is 18.7 Å². The number of anilines is 1. The van der Waals surface area contributed by atoms with Gasteiger partial charge in [-0.25, -0.2) is 4.79 Å². The molecular weight excluding hydrogens is 400 g/mol. The second-order valence-corrected chi connectivity index (χ2v) is 7.39. The summed E-state index contributed by atoms with van der Waals surface area (Å²) in [6, 6.07) is 13.0. The van der Waals surface area contributed by atoms with Crippen LogP contribution in [0.3, 0.4) is 0 Å². The van der Waals surface area contributed by atoms with Gasteiger partial charge in [0.05, 0.1) is 6.61 Å². The molecule has 0 spiro atoms. The predicted octanol–water partition coefficient (Wildman–Crippen LogP) is 5.35. The van der Waals surface area contributed by atoms with Crippen molar-refractivity contribution in [3.05, 3.63) is 70.0 Å². The van der Waals surface area contributed by atoms with Gasteiger partial charge in [0.2, 0.25) is 0 Å². The Bertz CT molecular complexity index is 1150. The second-order valence-electron chi connectivity index (χ2n) is 6.51. The maximum Gasteiger partial charge on any atom is 0.341 e. The van der Waals surface area contributed by atoms with Gasteiger partial charge >= 0.3 is 5.97 Å². The van der Waals surface area contributed by atoms with E-state index < -0.39 is 11.9 Å². The molecule has 0 aliphatic heterocycles. The number of furan rings is 1. The summed E-state index contributed by atoms with van der Waals surface area (Å²) in [5.41, 5.74) is 2.73. The lowest BCUT2D eigenvalue weighted by atomic mass is 10.0. The van der Waals surface area contributed by atoms with Crippen LogP contribution < -0.4 is 5.32 Å². The molecule has 1 amide bonds. The van der Waals surface area contributed by atoms with Crippen molar-refractivity contribution in [3.63, 3.8) is 0 Å². The molecule has 2 heterocycles. The second kappa shape index (κ2) is 9.25. The van der Waals surface area contributed by atoms with E-state index in [0.29, 0.717) is 22.1 Å². The number of esters is 1. The van der Waals surface area contributed by atoms with E-state index >= 15 is 0 Å². The molecule has 3 aromatic rings. The summed E-state index contributed by atoms with van der Waals surface area (Å²) in [5.74, 6) is -0.0935. The zero-order valence-corrected chi connectivity index (χ0v) is 17.6. The summed E-state index contributed by atoms with van der Waals surface area (Å²) < 4.78 is 10.6. The number of benzene rings is 1. The number of aryl methyl sites for hydroxylation is 2. The molecule has 3 rings (SSSR count). The Morgan fingerprint density at radius 2 is 1.93 bits per heavy atom. The molecule has 0 fully saturated rings. The number of hydrogen-bond donors (Lipinski definition) is 1. The minimum atomic E-state index is -0.630. The van der Waals surface area contributed by atoms with Gasteiger partial charge in [-0.2, -0.15) is 5.26 Å². The smallest absolute Gasteiger partial charge is 0.341 e. The highest BCUT2D eigenvalue weighted by atomic mass is 32.1. The van der Waals surface area contributed by atoms with Crippen LogP contribution in [0.25, 0.3) is 17.2 Å². The molecule has 30 heavy (non-hydrogen) atoms. The fraction of sp³-hybridized carbons (Fsp3) is 0.174. The van der Waals surface area contributed by atoms with Crippen LogP contribution >= 0.6 is 11.3 Å². The third-order valence-corrected chi connectivity index (χ3v) is 5.17. The summed E-state index contributed by atoms with van der Waals surface area (Å²) in [5, 5.41) is 14.2. The zero-order chi connectivity index (χ0) is 21.7. The minimum Gasteiger partial charge on any atom is -0.462 e. The van der Waals surface area contributed by atoms with Crippen LogP contribution in [0.15, 0.2) is 51.8 Å². The molecule has 0 radical (unpaired) electrons. The average molecular weight is 420 g/mol. The standard InChI is InChI=1S/C23H20N2O4S/c1-4-28-23(27)20-19(16-8-5-14(2)6-9-16)13-30-22(20)25-21(26)17(12-24)11-18-10-7-15(3)29-18/h5-11,13H,4H2,1-3H3,(H,25,26). The predicted molar refractivity (Wildman–Crippen MR) is 116 cm³/mol. The molecule has 1 N–H and O–H groups in total. The molecule has 6 nitrogen and oxygen atoms in total. The third kappa shape index (κ3) is 4.67. The molecule has 0 atom stereocenters. The Balaban J connectivity index is 1.96. The van der Waals surface area contributed by atoms with Crippen molar-refractivity contribution in [3.8, 4) is 17.2 Å². The van der Waals surface area contributed by atoms with E-state index in [0.717, 1.165) is 11.1 Å². The van der Waals surface area contributed by atoms with E-state index in [2.05, 4.69) is 5.32 Å². The quantitative estimate of drug-likeness (QED) is 0.330. The van der Waals surface area contributed by atoms with E-state index in [-0.39, 0.29) is 17.7 Å². The number of carbonyl (C=O) groups excluding carboxylic acids is 2. The first-order valence-corrected chi connectivity index (χ1v) is 10.2. The first-order valence-electron chi connectivity index (χ1n) is 9.28. The van der Waals surface area contributed by atoms with Gasteiger partial charge in [-0.15, -0.1) is 11.3 Å². The van der Waals surface area contributed by atoms with Crippen LogP contribution in [0.4, 0.5) is 5.00 Å². The van der Waals surface area contributed by atoms with Gasteiger partial charge in [0.25, 0.3) is 5.91 Å². The Labute approximate surface area is 178 Å². The molecule has 0 unspecified atom stereocenters. The SMILES string of the molecule is CCOC(=O)c1c(-c2ccc(C)cc2)csc1NC(=O)C(C#N)=Cc1ccc(C)o1. The van der Waals surface area contributed by atoms with Crippen LogP contribution in [0, 0.1) is 25.2 Å². The fourth-order valence-electron chi connectivity index (χ4n) is 2.79. The van der Waals surface area contributed by atoms with Crippen LogP contribution in [-0.2, 0) is 9.53 Å². The van der Waals surface area contributed by atoms with Crippen molar-refractivity contribution in [2.45, 2.75) is 20.8 Å². The van der Waals surface area contributed by atoms with E-state index in [1.807, 2.05) is 37.3 Å². The monoisotopic (exact) mass is 420 g/mol. The molecule has 0 aliphatic rings. The molecule has 0 bridgehead atoms. The van der Waals surface area contributed by atoms with Crippen LogP contribution in [-0.4, -0.2) is 18.5 Å². The van der Waals surface area contributed by atoms with Gasteiger partial charge in [0.15, 0.2) is 0 Å². The Morgan fingerprint density at radius 1 is 1.20 bits per heavy atom. The summed E-state index contributed by atoms with van der Waals surface area (Å²) >= 11 is 1.20. The van der Waals surface area contributed by atoms with Crippen molar-refractivity contribution in [1.82, 2.24) is 0 Å². The van der Waals surface area contributed by atoms with E-state index in [4.69, 9.17) is 9.15 Å². The van der Waals surface area contributed by atoms with E-state index in [1.165, 1.54) is 17.4 Å². The van der Waals surface area contributed by atoms with E-state index in [9.17, 15) is 14.9 Å². The zero-order valence-electron chi connectivity index (χ0n) is 16.8. The minimum absolute atomic E-state index is 0.135. The van der Waals surface area contributed by atoms with Gasteiger partial charge in [-0.05, 0) is 38.5 Å². The van der Waals surface area contributed by atoms with Gasteiger partial charge in [0, 0.05) is 17.0 Å². The molecule has 7 heteroatoms. The van der Waals surface area contributed by atoms with Crippen LogP contribution in [0.5, 0.6) is 0 Å². The van der Waals surface area contributed by atoms with Gasteiger partial charge < -0.3 is 14.5 Å². The number of nitrogens with zero attached hydrogens (tertiary/aromatic N) is 1. The van der Waals surface area contributed by atoms with Crippen molar-refractivity contribution in [2.24, 2.45) is 0 Å². The Kier molecular flexibility index (Phi) is 6.50. The van der Waals surface area contributed by atoms with Gasteiger partial charge in [-0.1, -0.05) is 29.8 Å². The largest absolute Gasteiger partial charge is 0.462 e. The van der Waals surface area contributed by atoms with Crippen molar-refractivity contribution in [2.75, 3.05) is 11.9 Å². The van der Waals surface area contributed by atoms with E-state index in [1.54, 1.807) is 31.4 Å². The Hall–Kier alpha value is -3.63. The lowest BCUT2D eigenvalue weighted by Crippen LogP contribution is -2.16. The number of nitrogens with one attached hydrogen (secondary N) is 1. The van der Waals surface area contributed by atoms with Gasteiger partial charge in [-0.3, -0.25) is 4.79 Å². The number of amides is 1. The number of rotatable bonds is 6. The summed E-state index contributed by atoms with van der Waals surface area (Å²) in [6.45, 7) is 5.67. The highest BCUT2D eigenvalue weighted by Gasteiger charge is 2.23. The first kappa shape index (κ1) is 21.1. The number of carbonyl (C=O) groups is 2. The summed E-state index contributed by atoms with van der Waals surface area (Å²) in [4.78, 5) is 25.3. The fourth-order valence-corrected chi connectivity index (χ4v) is 3.75. The number of hydrogen-bond acceptors (Lipinski definition) is 6. The number of ether oxygens (including phenoxy) is 1. The molecular formula is C23H20N2O4S.